The summed E-state index contributed by atoms with van der Waals surface area (Å²) in [5, 5.41) is 0. The Kier molecular flexibility index (Phi) is 27.3. The molecule has 0 aromatic heterocycles. The van der Waals surface area contributed by atoms with Gasteiger partial charge in [-0.25, -0.2) is 4.79 Å². The molecule has 0 heterocycles. The molecule has 37 heavy (non-hydrogen) atoms. The summed E-state index contributed by atoms with van der Waals surface area (Å²) in [6.07, 6.45) is 25.8. The van der Waals surface area contributed by atoms with E-state index < -0.39 is 12.1 Å². The fourth-order valence-electron chi connectivity index (χ4n) is 4.36. The lowest BCUT2D eigenvalue weighted by molar-refractivity contribution is -0.870. The monoisotopic (exact) mass is 545 g/mol. The third-order valence-electron chi connectivity index (χ3n) is 6.73. The normalized spacial score (nSPS) is 12.0. The highest BCUT2D eigenvalue weighted by Gasteiger charge is 2.20. The minimum Gasteiger partial charge on any atom is -1.00 e. The largest absolute Gasteiger partial charge is 1.00 e. The predicted molar refractivity (Wildman–Crippen MR) is 152 cm³/mol. The van der Waals surface area contributed by atoms with E-state index in [-0.39, 0.29) is 25.0 Å². The number of nitrogens with zero attached hydrogens (tertiary/aromatic N) is 1. The van der Waals surface area contributed by atoms with E-state index in [0.717, 1.165) is 29.9 Å². The van der Waals surface area contributed by atoms with E-state index in [1.165, 1.54) is 103 Å². The number of carbonyl (C=O) groups excluding carboxylic acids is 2. The lowest BCUT2D eigenvalue weighted by atomic mass is 10.0. The van der Waals surface area contributed by atoms with E-state index in [1.54, 1.807) is 0 Å². The zero-order valence-corrected chi connectivity index (χ0v) is 25.6. The van der Waals surface area contributed by atoms with Gasteiger partial charge >= 0.3 is 11.9 Å². The summed E-state index contributed by atoms with van der Waals surface area (Å²) in [6, 6.07) is 0. The molecule has 0 N–H and O–H groups in total. The topological polar surface area (TPSA) is 52.6 Å². The molecule has 220 valence electrons. The summed E-state index contributed by atoms with van der Waals surface area (Å²) in [4.78, 5) is 23.6. The Morgan fingerprint density at radius 2 is 1.14 bits per heavy atom. The van der Waals surface area contributed by atoms with E-state index in [0.29, 0.717) is 12.8 Å². The van der Waals surface area contributed by atoms with E-state index >= 15 is 0 Å². The Morgan fingerprint density at radius 1 is 0.730 bits per heavy atom. The van der Waals surface area contributed by atoms with Crippen molar-refractivity contribution in [1.29, 1.82) is 0 Å². The predicted octanol–water partition coefficient (Wildman–Crippen LogP) is 5.16. The highest BCUT2D eigenvalue weighted by Crippen LogP contribution is 2.15. The second-order valence-electron chi connectivity index (χ2n) is 11.5. The highest BCUT2D eigenvalue weighted by atomic mass is 35.5. The Hall–Kier alpha value is -1.07. The second kappa shape index (κ2) is 26.5. The van der Waals surface area contributed by atoms with Crippen LogP contribution in [0.1, 0.15) is 135 Å². The maximum Gasteiger partial charge on any atom is 0.330 e. The van der Waals surface area contributed by atoms with Crippen LogP contribution in [0.4, 0.5) is 0 Å². The quantitative estimate of drug-likeness (QED) is 0.0652. The van der Waals surface area contributed by atoms with Gasteiger partial charge in [-0.1, -0.05) is 123 Å². The van der Waals surface area contributed by atoms with Gasteiger partial charge in [-0.05, 0) is 6.42 Å². The number of hydrogen-bond acceptors (Lipinski definition) is 4. The summed E-state index contributed by atoms with van der Waals surface area (Å²) in [7, 11) is 6.27. The molecule has 0 spiro atoms. The van der Waals surface area contributed by atoms with Crippen molar-refractivity contribution >= 4 is 11.9 Å². The molecular formula is C31H60ClNO4. The number of rotatable bonds is 26. The van der Waals surface area contributed by atoms with Crippen molar-refractivity contribution in [3.05, 3.63) is 12.7 Å². The molecule has 0 bridgehead atoms. The number of halogens is 1. The molecule has 0 saturated heterocycles. The first-order valence-electron chi connectivity index (χ1n) is 15.1. The third kappa shape index (κ3) is 29.3. The van der Waals surface area contributed by atoms with Crippen LogP contribution in [0.3, 0.4) is 0 Å². The van der Waals surface area contributed by atoms with Crippen LogP contribution in [0.5, 0.6) is 0 Å². The van der Waals surface area contributed by atoms with Gasteiger partial charge in [-0.3, -0.25) is 4.79 Å². The van der Waals surface area contributed by atoms with Gasteiger partial charge in [0, 0.05) is 18.9 Å². The molecule has 0 aromatic rings. The van der Waals surface area contributed by atoms with Crippen LogP contribution in [0.15, 0.2) is 12.7 Å². The second-order valence-corrected chi connectivity index (χ2v) is 11.5. The summed E-state index contributed by atoms with van der Waals surface area (Å²) < 4.78 is 11.5. The van der Waals surface area contributed by atoms with Gasteiger partial charge in [-0.15, -0.1) is 0 Å². The standard InChI is InChI=1S/C31H60NO4.ClH/c1-6-8-9-10-11-12-13-14-15-16-17-18-19-20-21-22-23-24-25-31(34)36-29(26-27-32(3,4)5)28-35-30(33)7-2;/h7,29H,2,6,8-28H2,1,3-5H3;1H/q+1;/p-1. The number of esters is 2. The van der Waals surface area contributed by atoms with Crippen molar-refractivity contribution in [1.82, 2.24) is 0 Å². The number of carbonyl (C=O) groups is 2. The molecule has 0 aliphatic carbocycles. The van der Waals surface area contributed by atoms with E-state index in [4.69, 9.17) is 9.47 Å². The molecule has 0 radical (unpaired) electrons. The van der Waals surface area contributed by atoms with Crippen molar-refractivity contribution in [2.24, 2.45) is 0 Å². The number of unbranched alkanes of at least 4 members (excludes halogenated alkanes) is 17. The minimum absolute atomic E-state index is 0. The molecule has 5 nitrogen and oxygen atoms in total. The van der Waals surface area contributed by atoms with Crippen LogP contribution in [0.25, 0.3) is 0 Å². The van der Waals surface area contributed by atoms with E-state index in [9.17, 15) is 9.59 Å². The number of ether oxygens (including phenoxy) is 2. The summed E-state index contributed by atoms with van der Waals surface area (Å²) >= 11 is 0. The van der Waals surface area contributed by atoms with Gasteiger partial charge in [-0.2, -0.15) is 0 Å². The zero-order chi connectivity index (χ0) is 26.9. The van der Waals surface area contributed by atoms with Crippen molar-refractivity contribution in [2.45, 2.75) is 141 Å². The molecule has 0 fully saturated rings. The lowest BCUT2D eigenvalue weighted by Crippen LogP contribution is -3.00. The van der Waals surface area contributed by atoms with Gasteiger partial charge in [0.1, 0.15) is 12.7 Å². The van der Waals surface area contributed by atoms with E-state index in [2.05, 4.69) is 34.6 Å². The van der Waals surface area contributed by atoms with Crippen LogP contribution in [0.2, 0.25) is 0 Å². The number of quaternary nitrogens is 1. The first kappa shape index (κ1) is 38.1. The first-order valence-corrected chi connectivity index (χ1v) is 15.1. The number of hydrogen-bond donors (Lipinski definition) is 0. The van der Waals surface area contributed by atoms with Crippen LogP contribution in [-0.4, -0.2) is 56.8 Å². The van der Waals surface area contributed by atoms with E-state index in [1.807, 2.05) is 0 Å². The van der Waals surface area contributed by atoms with Crippen molar-refractivity contribution in [3.63, 3.8) is 0 Å². The van der Waals surface area contributed by atoms with Gasteiger partial charge in [0.05, 0.1) is 27.7 Å². The molecular weight excluding hydrogens is 486 g/mol. The van der Waals surface area contributed by atoms with Crippen LogP contribution in [0, 0.1) is 0 Å². The molecule has 1 unspecified atom stereocenters. The average Bonchev–Trinajstić information content (AvgIpc) is 2.84. The third-order valence-corrected chi connectivity index (χ3v) is 6.73. The van der Waals surface area contributed by atoms with Gasteiger partial charge in [0.25, 0.3) is 0 Å². The first-order chi connectivity index (χ1) is 17.3. The minimum atomic E-state index is -0.482. The summed E-state index contributed by atoms with van der Waals surface area (Å²) in [6.45, 7) is 6.62. The Morgan fingerprint density at radius 3 is 1.51 bits per heavy atom. The summed E-state index contributed by atoms with van der Waals surface area (Å²) in [5.41, 5.74) is 0. The fraction of sp³-hybridized carbons (Fsp3) is 0.871. The van der Waals surface area contributed by atoms with Gasteiger partial charge in [0.2, 0.25) is 0 Å². The Labute approximate surface area is 236 Å². The molecule has 0 aromatic carbocycles. The van der Waals surface area contributed by atoms with Gasteiger partial charge < -0.3 is 26.4 Å². The Bertz CT molecular complexity index is 548. The van der Waals surface area contributed by atoms with Crippen molar-refractivity contribution in [2.75, 3.05) is 34.3 Å². The molecule has 0 saturated carbocycles. The van der Waals surface area contributed by atoms with Gasteiger partial charge in [0.15, 0.2) is 0 Å². The fourth-order valence-corrected chi connectivity index (χ4v) is 4.36. The molecule has 0 amide bonds. The molecule has 0 aliphatic heterocycles. The molecule has 6 heteroatoms. The van der Waals surface area contributed by atoms with Crippen molar-refractivity contribution in [3.8, 4) is 0 Å². The molecule has 0 rings (SSSR count). The van der Waals surface area contributed by atoms with Crippen LogP contribution >= 0.6 is 0 Å². The van der Waals surface area contributed by atoms with Crippen molar-refractivity contribution < 1.29 is 36.0 Å². The zero-order valence-electron chi connectivity index (χ0n) is 24.9. The maximum absolute atomic E-state index is 12.3. The molecule has 1 atom stereocenters. The molecule has 0 aliphatic rings. The summed E-state index contributed by atoms with van der Waals surface area (Å²) in [5.74, 6) is -0.669. The Balaban J connectivity index is 0. The van der Waals surface area contributed by atoms with Crippen LogP contribution in [-0.2, 0) is 19.1 Å². The SMILES string of the molecule is C=CC(=O)OCC(CC[N+](C)(C)C)OC(=O)CCCCCCCCCCCCCCCCCCCC.[Cl-]. The smallest absolute Gasteiger partial charge is 0.330 e. The average molecular weight is 546 g/mol. The lowest BCUT2D eigenvalue weighted by Gasteiger charge is -2.26. The maximum atomic E-state index is 12.3. The highest BCUT2D eigenvalue weighted by molar-refractivity contribution is 5.81. The van der Waals surface area contributed by atoms with Crippen LogP contribution < -0.4 is 12.4 Å².